The molecule has 0 radical (unpaired) electrons. The van der Waals surface area contributed by atoms with Crippen molar-refractivity contribution >= 4 is 11.8 Å². The van der Waals surface area contributed by atoms with Crippen LogP contribution in [0.5, 0.6) is 5.75 Å². The monoisotopic (exact) mass is 471 g/mol. The normalized spacial score (nSPS) is 17.7. The van der Waals surface area contributed by atoms with Crippen LogP contribution in [0.2, 0.25) is 0 Å². The summed E-state index contributed by atoms with van der Waals surface area (Å²) >= 11 is 0. The first-order valence-electron chi connectivity index (χ1n) is 12.0. The van der Waals surface area contributed by atoms with Crippen molar-refractivity contribution in [2.24, 2.45) is 5.92 Å². The Balaban J connectivity index is 1.31. The number of nitrogens with one attached hydrogen (secondary N) is 2. The third-order valence-corrected chi connectivity index (χ3v) is 6.61. The summed E-state index contributed by atoms with van der Waals surface area (Å²) in [6.45, 7) is 2.67. The lowest BCUT2D eigenvalue weighted by molar-refractivity contribution is -0.124. The summed E-state index contributed by atoms with van der Waals surface area (Å²) in [6.07, 6.45) is 0.784. The molecule has 6 nitrogen and oxygen atoms in total. The van der Waals surface area contributed by atoms with Gasteiger partial charge in [-0.25, -0.2) is 0 Å². The van der Waals surface area contributed by atoms with Crippen LogP contribution in [0.25, 0.3) is 0 Å². The van der Waals surface area contributed by atoms with Crippen molar-refractivity contribution in [2.75, 3.05) is 33.8 Å². The van der Waals surface area contributed by atoms with Crippen molar-refractivity contribution in [3.63, 3.8) is 0 Å². The van der Waals surface area contributed by atoms with Crippen molar-refractivity contribution in [1.82, 2.24) is 15.5 Å². The van der Waals surface area contributed by atoms with Gasteiger partial charge in [0.15, 0.2) is 0 Å². The number of likely N-dealkylation sites (tertiary alicyclic amines) is 1. The van der Waals surface area contributed by atoms with Crippen molar-refractivity contribution in [2.45, 2.75) is 18.9 Å². The van der Waals surface area contributed by atoms with Crippen molar-refractivity contribution in [3.8, 4) is 5.75 Å². The average Bonchev–Trinajstić information content (AvgIpc) is 3.30. The summed E-state index contributed by atoms with van der Waals surface area (Å²) in [5.41, 5.74) is 4.01. The van der Waals surface area contributed by atoms with E-state index in [0.717, 1.165) is 36.4 Å². The fraction of sp³-hybridized carbons (Fsp3) is 0.310. The highest BCUT2D eigenvalue weighted by molar-refractivity contribution is 5.94. The Hall–Kier alpha value is -3.64. The molecule has 2 amide bonds. The van der Waals surface area contributed by atoms with Crippen LogP contribution in [0, 0.1) is 5.92 Å². The molecule has 0 bridgehead atoms. The van der Waals surface area contributed by atoms with Gasteiger partial charge in [0.05, 0.1) is 13.0 Å². The molecule has 0 unspecified atom stereocenters. The molecule has 1 fully saturated rings. The van der Waals surface area contributed by atoms with Crippen molar-refractivity contribution in [1.29, 1.82) is 0 Å². The molecular formula is C29H33N3O3. The second kappa shape index (κ2) is 11.7. The minimum atomic E-state index is -0.0848. The van der Waals surface area contributed by atoms with Crippen LogP contribution in [0.4, 0.5) is 0 Å². The second-order valence-electron chi connectivity index (χ2n) is 9.11. The number of hydrogen-bond donors (Lipinski definition) is 2. The molecular weight excluding hydrogens is 438 g/mol. The van der Waals surface area contributed by atoms with Crippen LogP contribution < -0.4 is 15.4 Å². The van der Waals surface area contributed by atoms with Crippen LogP contribution in [-0.2, 0) is 17.8 Å². The number of benzene rings is 3. The molecule has 182 valence electrons. The molecule has 4 rings (SSSR count). The highest BCUT2D eigenvalue weighted by atomic mass is 16.5. The topological polar surface area (TPSA) is 70.7 Å². The summed E-state index contributed by atoms with van der Waals surface area (Å²) in [4.78, 5) is 27.5. The van der Waals surface area contributed by atoms with Gasteiger partial charge in [0.25, 0.3) is 5.91 Å². The molecule has 0 spiro atoms. The van der Waals surface area contributed by atoms with E-state index < -0.39 is 0 Å². The Morgan fingerprint density at radius 3 is 2.26 bits per heavy atom. The van der Waals surface area contributed by atoms with Gasteiger partial charge in [-0.05, 0) is 54.4 Å². The number of amides is 2. The van der Waals surface area contributed by atoms with Gasteiger partial charge in [-0.1, -0.05) is 54.6 Å². The van der Waals surface area contributed by atoms with Gasteiger partial charge in [-0.3, -0.25) is 9.59 Å². The zero-order chi connectivity index (χ0) is 24.6. The molecule has 2 atom stereocenters. The van der Waals surface area contributed by atoms with Crippen LogP contribution >= 0.6 is 0 Å². The molecule has 0 saturated carbocycles. The first kappa shape index (κ1) is 24.5. The van der Waals surface area contributed by atoms with E-state index in [0.29, 0.717) is 18.7 Å². The Labute approximate surface area is 207 Å². The molecule has 0 aliphatic carbocycles. The SMILES string of the molecule is COc1ccc(CCNC(=O)[C@@H]2CN(C)C[C@H]2c2ccc(CNC(=O)c3ccccc3)cc2)cc1. The summed E-state index contributed by atoms with van der Waals surface area (Å²) in [5, 5.41) is 6.10. The van der Waals surface area contributed by atoms with Gasteiger partial charge >= 0.3 is 0 Å². The molecule has 1 heterocycles. The molecule has 6 heteroatoms. The van der Waals surface area contributed by atoms with Gasteiger partial charge in [0, 0.05) is 37.7 Å². The second-order valence-corrected chi connectivity index (χ2v) is 9.11. The molecule has 3 aromatic rings. The van der Waals surface area contributed by atoms with Gasteiger partial charge < -0.3 is 20.3 Å². The first-order valence-corrected chi connectivity index (χ1v) is 12.0. The third kappa shape index (κ3) is 6.49. The van der Waals surface area contributed by atoms with E-state index in [2.05, 4.69) is 34.7 Å². The van der Waals surface area contributed by atoms with Gasteiger partial charge in [-0.2, -0.15) is 0 Å². The molecule has 0 aromatic heterocycles. The number of likely N-dealkylation sites (N-methyl/N-ethyl adjacent to an activating group) is 1. The molecule has 2 N–H and O–H groups in total. The number of ether oxygens (including phenoxy) is 1. The number of nitrogens with zero attached hydrogens (tertiary/aromatic N) is 1. The summed E-state index contributed by atoms with van der Waals surface area (Å²) in [5.74, 6) is 0.915. The van der Waals surface area contributed by atoms with Crippen molar-refractivity contribution < 1.29 is 14.3 Å². The maximum Gasteiger partial charge on any atom is 0.251 e. The summed E-state index contributed by atoms with van der Waals surface area (Å²) in [6, 6.07) is 25.4. The van der Waals surface area contributed by atoms with Gasteiger partial charge in [0.2, 0.25) is 5.91 Å². The van der Waals surface area contributed by atoms with Crippen LogP contribution in [0.15, 0.2) is 78.9 Å². The van der Waals surface area contributed by atoms with E-state index in [1.807, 2.05) is 54.6 Å². The number of carbonyl (C=O) groups excluding carboxylic acids is 2. The minimum Gasteiger partial charge on any atom is -0.497 e. The van der Waals surface area contributed by atoms with Crippen LogP contribution in [-0.4, -0.2) is 50.5 Å². The Bertz CT molecular complexity index is 1110. The van der Waals surface area contributed by atoms with Gasteiger partial charge in [-0.15, -0.1) is 0 Å². The van der Waals surface area contributed by atoms with E-state index in [4.69, 9.17) is 4.74 Å². The fourth-order valence-electron chi connectivity index (χ4n) is 4.61. The zero-order valence-electron chi connectivity index (χ0n) is 20.4. The van der Waals surface area contributed by atoms with E-state index in [-0.39, 0.29) is 23.7 Å². The number of carbonyl (C=O) groups is 2. The Morgan fingerprint density at radius 2 is 1.57 bits per heavy atom. The average molecular weight is 472 g/mol. The number of methoxy groups -OCH3 is 1. The lowest BCUT2D eigenvalue weighted by Crippen LogP contribution is -2.35. The van der Waals surface area contributed by atoms with E-state index >= 15 is 0 Å². The molecule has 1 aliphatic rings. The molecule has 1 saturated heterocycles. The minimum absolute atomic E-state index is 0.0838. The largest absolute Gasteiger partial charge is 0.497 e. The predicted molar refractivity (Wildman–Crippen MR) is 137 cm³/mol. The lowest BCUT2D eigenvalue weighted by atomic mass is 9.88. The van der Waals surface area contributed by atoms with E-state index in [9.17, 15) is 9.59 Å². The Kier molecular flexibility index (Phi) is 8.16. The predicted octanol–water partition coefficient (Wildman–Crippen LogP) is 3.63. The summed E-state index contributed by atoms with van der Waals surface area (Å²) in [7, 11) is 3.72. The van der Waals surface area contributed by atoms with Gasteiger partial charge in [0.1, 0.15) is 5.75 Å². The smallest absolute Gasteiger partial charge is 0.251 e. The highest BCUT2D eigenvalue weighted by Gasteiger charge is 2.36. The third-order valence-electron chi connectivity index (χ3n) is 6.61. The molecule has 1 aliphatic heterocycles. The van der Waals surface area contributed by atoms with E-state index in [1.54, 1.807) is 19.2 Å². The quantitative estimate of drug-likeness (QED) is 0.500. The van der Waals surface area contributed by atoms with Crippen LogP contribution in [0.1, 0.15) is 33.0 Å². The number of rotatable bonds is 9. The Morgan fingerprint density at radius 1 is 0.886 bits per heavy atom. The van der Waals surface area contributed by atoms with Crippen molar-refractivity contribution in [3.05, 3.63) is 101 Å². The maximum atomic E-state index is 13.0. The standard InChI is InChI=1S/C29H33N3O3/c1-32-19-26(27(20-32)29(34)30-17-16-21-10-14-25(35-2)15-11-21)23-12-8-22(9-13-23)18-31-28(33)24-6-4-3-5-7-24/h3-15,26-27H,16-20H2,1-2H3,(H,30,34)(H,31,33)/t26-,27+/m0/s1. The zero-order valence-corrected chi connectivity index (χ0v) is 20.4. The molecule has 3 aromatic carbocycles. The molecule has 35 heavy (non-hydrogen) atoms. The first-order chi connectivity index (χ1) is 17.0. The highest BCUT2D eigenvalue weighted by Crippen LogP contribution is 2.32. The van der Waals surface area contributed by atoms with E-state index in [1.165, 1.54) is 5.56 Å². The van der Waals surface area contributed by atoms with Crippen LogP contribution in [0.3, 0.4) is 0 Å². The summed E-state index contributed by atoms with van der Waals surface area (Å²) < 4.78 is 5.20. The lowest BCUT2D eigenvalue weighted by Gasteiger charge is -2.19. The maximum absolute atomic E-state index is 13.0. The fourth-order valence-corrected chi connectivity index (χ4v) is 4.61. The number of hydrogen-bond acceptors (Lipinski definition) is 4.